The molecule has 4 rings (SSSR count). The first-order chi connectivity index (χ1) is 14.5. The first-order valence-electron chi connectivity index (χ1n) is 10.7. The van der Waals surface area contributed by atoms with Gasteiger partial charge < -0.3 is 19.5 Å². The molecule has 3 saturated heterocycles. The third-order valence-electron chi connectivity index (χ3n) is 6.28. The quantitative estimate of drug-likeness (QED) is 0.800. The van der Waals surface area contributed by atoms with Crippen LogP contribution in [0.3, 0.4) is 0 Å². The highest BCUT2D eigenvalue weighted by molar-refractivity contribution is 5.65. The second-order valence-electron chi connectivity index (χ2n) is 8.12. The van der Waals surface area contributed by atoms with Crippen molar-refractivity contribution >= 4 is 11.8 Å². The molecule has 1 aromatic carbocycles. The number of alkyl halides is 1. The predicted molar refractivity (Wildman–Crippen MR) is 107 cm³/mol. The number of carbonyl (C=O) groups is 1. The van der Waals surface area contributed by atoms with Crippen molar-refractivity contribution in [2.45, 2.75) is 44.1 Å². The van der Waals surface area contributed by atoms with Crippen LogP contribution in [0.1, 0.15) is 25.7 Å². The molecule has 0 bridgehead atoms. The number of piperazine rings is 1. The van der Waals surface area contributed by atoms with E-state index in [4.69, 9.17) is 9.47 Å². The van der Waals surface area contributed by atoms with Crippen LogP contribution in [-0.4, -0.2) is 85.4 Å². The lowest BCUT2D eigenvalue weighted by atomic mass is 10.1. The van der Waals surface area contributed by atoms with E-state index in [1.165, 1.54) is 6.07 Å². The van der Waals surface area contributed by atoms with Crippen molar-refractivity contribution < 1.29 is 28.2 Å². The lowest BCUT2D eigenvalue weighted by molar-refractivity contribution is -0.0457. The zero-order chi connectivity index (χ0) is 21.1. The zero-order valence-corrected chi connectivity index (χ0v) is 17.0. The zero-order valence-electron chi connectivity index (χ0n) is 17.0. The summed E-state index contributed by atoms with van der Waals surface area (Å²) in [6, 6.07) is 4.99. The minimum atomic E-state index is -1.43. The first-order valence-corrected chi connectivity index (χ1v) is 10.7. The van der Waals surface area contributed by atoms with Crippen molar-refractivity contribution in [3.8, 4) is 5.75 Å². The van der Waals surface area contributed by atoms with Crippen LogP contribution >= 0.6 is 0 Å². The monoisotopic (exact) mass is 425 g/mol. The fraction of sp³-hybridized carbons (Fsp3) is 0.667. The van der Waals surface area contributed by atoms with Gasteiger partial charge in [-0.2, -0.15) is 0 Å². The summed E-state index contributed by atoms with van der Waals surface area (Å²) in [6.45, 7) is 5.04. The molecule has 0 radical (unpaired) electrons. The van der Waals surface area contributed by atoms with E-state index in [-0.39, 0.29) is 18.7 Å². The molecule has 30 heavy (non-hydrogen) atoms. The summed E-state index contributed by atoms with van der Waals surface area (Å²) in [5.41, 5.74) is 0.490. The average molecular weight is 425 g/mol. The molecule has 0 spiro atoms. The molecule has 0 saturated carbocycles. The molecule has 2 atom stereocenters. The van der Waals surface area contributed by atoms with Gasteiger partial charge in [-0.15, -0.1) is 0 Å². The molecule has 166 valence electrons. The van der Waals surface area contributed by atoms with Gasteiger partial charge in [-0.1, -0.05) is 0 Å². The molecular weight excluding hydrogens is 396 g/mol. The fourth-order valence-electron chi connectivity index (χ4n) is 4.60. The number of nitrogens with zero attached hydrogens (tertiary/aromatic N) is 3. The van der Waals surface area contributed by atoms with Gasteiger partial charge in [0.05, 0.1) is 5.69 Å². The van der Waals surface area contributed by atoms with E-state index in [9.17, 15) is 18.7 Å². The van der Waals surface area contributed by atoms with Crippen LogP contribution in [0.15, 0.2) is 18.2 Å². The van der Waals surface area contributed by atoms with Crippen LogP contribution in [0.5, 0.6) is 5.75 Å². The lowest BCUT2D eigenvalue weighted by Crippen LogP contribution is -2.52. The summed E-state index contributed by atoms with van der Waals surface area (Å²) >= 11 is 0. The highest BCUT2D eigenvalue weighted by atomic mass is 19.1. The van der Waals surface area contributed by atoms with Crippen LogP contribution < -0.4 is 9.64 Å². The van der Waals surface area contributed by atoms with Crippen LogP contribution in [0, 0.1) is 5.82 Å². The third kappa shape index (κ3) is 4.62. The number of ether oxygens (including phenoxy) is 2. The summed E-state index contributed by atoms with van der Waals surface area (Å²) < 4.78 is 40.1. The predicted octanol–water partition coefficient (Wildman–Crippen LogP) is 2.94. The maximum absolute atomic E-state index is 14.8. The largest absolute Gasteiger partial charge is 0.467 e. The topological polar surface area (TPSA) is 65.5 Å². The van der Waals surface area contributed by atoms with E-state index in [1.54, 1.807) is 12.1 Å². The van der Waals surface area contributed by atoms with Crippen molar-refractivity contribution in [3.63, 3.8) is 0 Å². The van der Waals surface area contributed by atoms with Crippen LogP contribution in [-0.2, 0) is 4.74 Å². The number of benzene rings is 1. The van der Waals surface area contributed by atoms with Crippen molar-refractivity contribution in [2.24, 2.45) is 0 Å². The first kappa shape index (κ1) is 21.1. The molecule has 9 heteroatoms. The SMILES string of the molecule is O=C(O)N1CCCC(F)C1Oc1ccc(N2CCN(C3CCOCC3)CC2)c(F)c1. The minimum Gasteiger partial charge on any atom is -0.467 e. The van der Waals surface area contributed by atoms with Crippen molar-refractivity contribution in [1.82, 2.24) is 9.80 Å². The second kappa shape index (κ2) is 9.34. The maximum Gasteiger partial charge on any atom is 0.410 e. The number of amides is 1. The molecular formula is C21H29F2N3O4. The Morgan fingerprint density at radius 2 is 1.83 bits per heavy atom. The van der Waals surface area contributed by atoms with E-state index in [0.717, 1.165) is 57.1 Å². The number of hydrogen-bond donors (Lipinski definition) is 1. The Morgan fingerprint density at radius 1 is 1.10 bits per heavy atom. The molecule has 1 N–H and O–H groups in total. The lowest BCUT2D eigenvalue weighted by Gasteiger charge is -2.41. The summed E-state index contributed by atoms with van der Waals surface area (Å²) in [5, 5.41) is 9.28. The summed E-state index contributed by atoms with van der Waals surface area (Å²) in [6.07, 6.45) is -1.15. The van der Waals surface area contributed by atoms with Gasteiger partial charge in [0.1, 0.15) is 11.6 Å². The van der Waals surface area contributed by atoms with E-state index < -0.39 is 24.3 Å². The van der Waals surface area contributed by atoms with Crippen molar-refractivity contribution in [1.29, 1.82) is 0 Å². The Kier molecular flexibility index (Phi) is 6.58. The molecule has 1 amide bonds. The van der Waals surface area contributed by atoms with Gasteiger partial charge in [0.25, 0.3) is 0 Å². The highest BCUT2D eigenvalue weighted by Gasteiger charge is 2.36. The van der Waals surface area contributed by atoms with E-state index in [0.29, 0.717) is 18.2 Å². The highest BCUT2D eigenvalue weighted by Crippen LogP contribution is 2.29. The van der Waals surface area contributed by atoms with E-state index in [2.05, 4.69) is 4.90 Å². The normalized spacial score (nSPS) is 26.6. The molecule has 1 aromatic rings. The minimum absolute atomic E-state index is 0.137. The number of likely N-dealkylation sites (tertiary alicyclic amines) is 1. The van der Waals surface area contributed by atoms with E-state index >= 15 is 0 Å². The fourth-order valence-corrected chi connectivity index (χ4v) is 4.60. The van der Waals surface area contributed by atoms with Gasteiger partial charge in [-0.3, -0.25) is 9.80 Å². The molecule has 0 aliphatic carbocycles. The smallest absolute Gasteiger partial charge is 0.410 e. The van der Waals surface area contributed by atoms with Crippen molar-refractivity contribution in [3.05, 3.63) is 24.0 Å². The summed E-state index contributed by atoms with van der Waals surface area (Å²) in [4.78, 5) is 16.8. The Bertz CT molecular complexity index is 739. The Hall–Kier alpha value is -2.13. The Morgan fingerprint density at radius 3 is 2.50 bits per heavy atom. The van der Waals surface area contributed by atoms with E-state index in [1.807, 2.05) is 4.90 Å². The molecule has 3 aliphatic heterocycles. The van der Waals surface area contributed by atoms with Gasteiger partial charge >= 0.3 is 6.09 Å². The Labute approximate surface area is 175 Å². The summed E-state index contributed by atoms with van der Waals surface area (Å²) in [5.74, 6) is -0.307. The number of anilines is 1. The number of piperidine rings is 1. The van der Waals surface area contributed by atoms with Crippen LogP contribution in [0.25, 0.3) is 0 Å². The molecule has 2 unspecified atom stereocenters. The van der Waals surface area contributed by atoms with Gasteiger partial charge in [0.15, 0.2) is 6.17 Å². The standard InChI is InChI=1S/C21H29F2N3O4/c22-17-2-1-7-26(21(27)28)20(17)30-16-3-4-19(18(23)14-16)25-10-8-24(9-11-25)15-5-12-29-13-6-15/h3-4,14-15,17,20H,1-2,5-13H2,(H,27,28). The van der Waals surface area contributed by atoms with Gasteiger partial charge in [-0.25, -0.2) is 13.6 Å². The number of carboxylic acid groups (broad SMARTS) is 1. The molecule has 0 aromatic heterocycles. The van der Waals surface area contributed by atoms with Gasteiger partial charge in [-0.05, 0) is 37.8 Å². The third-order valence-corrected chi connectivity index (χ3v) is 6.28. The number of hydrogen-bond acceptors (Lipinski definition) is 5. The van der Waals surface area contributed by atoms with Gasteiger partial charge in [0.2, 0.25) is 6.23 Å². The maximum atomic E-state index is 14.8. The summed E-state index contributed by atoms with van der Waals surface area (Å²) in [7, 11) is 0. The molecule has 7 nitrogen and oxygen atoms in total. The van der Waals surface area contributed by atoms with Crippen LogP contribution in [0.2, 0.25) is 0 Å². The van der Waals surface area contributed by atoms with Crippen LogP contribution in [0.4, 0.5) is 19.3 Å². The number of rotatable bonds is 4. The average Bonchev–Trinajstić information content (AvgIpc) is 2.76. The van der Waals surface area contributed by atoms with Gasteiger partial charge in [0, 0.05) is 58.0 Å². The molecule has 3 aliphatic rings. The second-order valence-corrected chi connectivity index (χ2v) is 8.12. The molecule has 3 fully saturated rings. The Balaban J connectivity index is 1.38. The van der Waals surface area contributed by atoms with Crippen molar-refractivity contribution in [2.75, 3.05) is 50.8 Å². The number of halogens is 2. The molecule has 3 heterocycles.